The zero-order valence-corrected chi connectivity index (χ0v) is 20.2. The van der Waals surface area contributed by atoms with Crippen molar-refractivity contribution in [1.29, 1.82) is 0 Å². The molecule has 1 aromatic rings. The molecule has 34 heavy (non-hydrogen) atoms. The van der Waals surface area contributed by atoms with Gasteiger partial charge in [0.1, 0.15) is 18.7 Å². The number of nitrogens with one attached hydrogen (secondary N) is 4. The van der Waals surface area contributed by atoms with Gasteiger partial charge in [0.15, 0.2) is 0 Å². The number of rotatable bonds is 13. The third-order valence-corrected chi connectivity index (χ3v) is 4.93. The summed E-state index contributed by atoms with van der Waals surface area (Å²) in [5.41, 5.74) is 0.691. The van der Waals surface area contributed by atoms with E-state index in [4.69, 9.17) is 21.1 Å². The van der Waals surface area contributed by atoms with E-state index in [0.717, 1.165) is 0 Å². The van der Waals surface area contributed by atoms with Crippen LogP contribution in [0.2, 0.25) is 5.02 Å². The zero-order chi connectivity index (χ0) is 25.5. The molecule has 0 aliphatic carbocycles. The highest BCUT2D eigenvalue weighted by Gasteiger charge is 2.22. The Labute approximate surface area is 203 Å². The van der Waals surface area contributed by atoms with Crippen molar-refractivity contribution in [3.05, 3.63) is 34.9 Å². The number of amides is 4. The van der Waals surface area contributed by atoms with Crippen LogP contribution in [0.4, 0.5) is 4.79 Å². The van der Waals surface area contributed by atoms with E-state index in [1.165, 1.54) is 21.0 Å². The van der Waals surface area contributed by atoms with Crippen molar-refractivity contribution in [2.24, 2.45) is 0 Å². The second-order valence-corrected chi connectivity index (χ2v) is 7.78. The highest BCUT2D eigenvalue weighted by Crippen LogP contribution is 2.15. The van der Waals surface area contributed by atoms with Crippen LogP contribution in [-0.2, 0) is 35.3 Å². The monoisotopic (exact) mass is 498 g/mol. The molecule has 0 saturated carbocycles. The third kappa shape index (κ3) is 11.5. The predicted octanol–water partition coefficient (Wildman–Crippen LogP) is 1.04. The molecule has 0 unspecified atom stereocenters. The molecule has 0 aliphatic rings. The summed E-state index contributed by atoms with van der Waals surface area (Å²) < 4.78 is 9.82. The minimum absolute atomic E-state index is 0.0437. The highest BCUT2D eigenvalue weighted by molar-refractivity contribution is 6.31. The number of benzene rings is 1. The van der Waals surface area contributed by atoms with E-state index in [1.54, 1.807) is 24.3 Å². The molecule has 2 atom stereocenters. The maximum absolute atomic E-state index is 12.1. The fraction of sp³-hybridized carbons (Fsp3) is 0.500. The first-order valence-electron chi connectivity index (χ1n) is 10.7. The molecule has 0 aliphatic heterocycles. The Morgan fingerprint density at radius 3 is 2.38 bits per heavy atom. The van der Waals surface area contributed by atoms with E-state index >= 15 is 0 Å². The van der Waals surface area contributed by atoms with Crippen molar-refractivity contribution >= 4 is 41.4 Å². The third-order valence-electron chi connectivity index (χ3n) is 4.56. The van der Waals surface area contributed by atoms with Gasteiger partial charge in [-0.15, -0.1) is 0 Å². The predicted molar refractivity (Wildman–Crippen MR) is 124 cm³/mol. The number of unbranched alkanes of at least 4 members (excludes halogenated alkanes) is 1. The van der Waals surface area contributed by atoms with Gasteiger partial charge in [-0.2, -0.15) is 0 Å². The van der Waals surface area contributed by atoms with Crippen molar-refractivity contribution in [2.75, 3.05) is 20.2 Å². The van der Waals surface area contributed by atoms with Crippen LogP contribution >= 0.6 is 11.6 Å². The van der Waals surface area contributed by atoms with Gasteiger partial charge in [-0.1, -0.05) is 29.8 Å². The van der Waals surface area contributed by atoms with Crippen LogP contribution in [0.5, 0.6) is 0 Å². The average Bonchev–Trinajstić information content (AvgIpc) is 2.79. The molecule has 4 amide bonds. The lowest BCUT2D eigenvalue weighted by Gasteiger charge is -2.17. The molecule has 0 fully saturated rings. The molecule has 11 nitrogen and oxygen atoms in total. The van der Waals surface area contributed by atoms with Gasteiger partial charge in [-0.05, 0) is 32.3 Å². The van der Waals surface area contributed by atoms with Gasteiger partial charge in [0.05, 0.1) is 13.7 Å². The van der Waals surface area contributed by atoms with Gasteiger partial charge in [-0.3, -0.25) is 14.4 Å². The SMILES string of the molecule is COC(=O)[C@H](CCCCNC(=O)OCc1ccccc1Cl)NC(=O)CNC(=O)[C@H](C)NC(C)=O. The second-order valence-electron chi connectivity index (χ2n) is 7.37. The summed E-state index contributed by atoms with van der Waals surface area (Å²) in [6.07, 6.45) is 0.694. The summed E-state index contributed by atoms with van der Waals surface area (Å²) >= 11 is 6.01. The number of hydrogen-bond donors (Lipinski definition) is 4. The number of carbonyl (C=O) groups is 5. The number of halogens is 1. The molecule has 0 spiro atoms. The Morgan fingerprint density at radius 1 is 1.03 bits per heavy atom. The minimum Gasteiger partial charge on any atom is -0.467 e. The Balaban J connectivity index is 2.32. The lowest BCUT2D eigenvalue weighted by atomic mass is 10.1. The molecule has 4 N–H and O–H groups in total. The van der Waals surface area contributed by atoms with E-state index in [0.29, 0.717) is 30.0 Å². The molecule has 0 bridgehead atoms. The Morgan fingerprint density at radius 2 is 1.74 bits per heavy atom. The smallest absolute Gasteiger partial charge is 0.407 e. The molecule has 0 aromatic heterocycles. The van der Waals surface area contributed by atoms with Crippen molar-refractivity contribution in [1.82, 2.24) is 21.3 Å². The minimum atomic E-state index is -0.908. The van der Waals surface area contributed by atoms with Crippen LogP contribution in [0.1, 0.15) is 38.7 Å². The summed E-state index contributed by atoms with van der Waals surface area (Å²) in [4.78, 5) is 58.7. The zero-order valence-electron chi connectivity index (χ0n) is 19.4. The number of ether oxygens (including phenoxy) is 2. The summed E-state index contributed by atoms with van der Waals surface area (Å²) in [5, 5.41) is 10.4. The second kappa shape index (κ2) is 15.5. The Kier molecular flexibility index (Phi) is 13.1. The van der Waals surface area contributed by atoms with Crippen molar-refractivity contribution in [2.45, 2.75) is 51.8 Å². The number of methoxy groups -OCH3 is 1. The first-order chi connectivity index (χ1) is 16.1. The van der Waals surface area contributed by atoms with E-state index in [9.17, 15) is 24.0 Å². The van der Waals surface area contributed by atoms with Crippen LogP contribution in [0.15, 0.2) is 24.3 Å². The van der Waals surface area contributed by atoms with Gasteiger partial charge in [-0.25, -0.2) is 9.59 Å². The lowest BCUT2D eigenvalue weighted by molar-refractivity contribution is -0.145. The summed E-state index contributed by atoms with van der Waals surface area (Å²) in [5.74, 6) is -2.12. The molecule has 0 saturated heterocycles. The molecule has 12 heteroatoms. The van der Waals surface area contributed by atoms with Crippen LogP contribution in [0.25, 0.3) is 0 Å². The Hall–Kier alpha value is -3.34. The van der Waals surface area contributed by atoms with Crippen LogP contribution < -0.4 is 21.3 Å². The molecular weight excluding hydrogens is 468 g/mol. The lowest BCUT2D eigenvalue weighted by Crippen LogP contribution is -2.49. The first-order valence-corrected chi connectivity index (χ1v) is 11.1. The van der Waals surface area contributed by atoms with Crippen molar-refractivity contribution < 1.29 is 33.4 Å². The number of alkyl carbamates (subject to hydrolysis) is 1. The fourth-order valence-electron chi connectivity index (χ4n) is 2.80. The molecule has 1 rings (SSSR count). The highest BCUT2D eigenvalue weighted by atomic mass is 35.5. The molecule has 188 valence electrons. The number of hydrogen-bond acceptors (Lipinski definition) is 7. The summed E-state index contributed by atoms with van der Waals surface area (Å²) in [6, 6.07) is 5.32. The van der Waals surface area contributed by atoms with Gasteiger partial charge in [0, 0.05) is 24.1 Å². The maximum atomic E-state index is 12.1. The maximum Gasteiger partial charge on any atom is 0.407 e. The van der Waals surface area contributed by atoms with Gasteiger partial charge < -0.3 is 30.7 Å². The van der Waals surface area contributed by atoms with Crippen LogP contribution in [-0.4, -0.2) is 62.1 Å². The molecular formula is C22H31ClN4O7. The summed E-state index contributed by atoms with van der Waals surface area (Å²) in [7, 11) is 1.20. The van der Waals surface area contributed by atoms with Gasteiger partial charge >= 0.3 is 12.1 Å². The molecule has 0 radical (unpaired) electrons. The average molecular weight is 499 g/mol. The van der Waals surface area contributed by atoms with Crippen LogP contribution in [0, 0.1) is 0 Å². The van der Waals surface area contributed by atoms with E-state index in [2.05, 4.69) is 21.3 Å². The normalized spacial score (nSPS) is 12.0. The number of esters is 1. The van der Waals surface area contributed by atoms with Crippen LogP contribution in [0.3, 0.4) is 0 Å². The van der Waals surface area contributed by atoms with Gasteiger partial charge in [0.25, 0.3) is 0 Å². The summed E-state index contributed by atoms with van der Waals surface area (Å²) in [6.45, 7) is 2.74. The van der Waals surface area contributed by atoms with Gasteiger partial charge in [0.2, 0.25) is 17.7 Å². The van der Waals surface area contributed by atoms with Crippen molar-refractivity contribution in [3.63, 3.8) is 0 Å². The van der Waals surface area contributed by atoms with E-state index in [-0.39, 0.29) is 25.5 Å². The van der Waals surface area contributed by atoms with E-state index in [1.807, 2.05) is 0 Å². The molecule has 1 aromatic carbocycles. The standard InChI is InChI=1S/C22H31ClN4O7/c1-14(26-15(2)28)20(30)25-12-19(29)27-18(21(31)33-3)10-6-7-11-24-22(32)34-13-16-8-4-5-9-17(16)23/h4-5,8-9,14,18H,6-7,10-13H2,1-3H3,(H,24,32)(H,25,30)(H,26,28)(H,27,29)/t14-,18-/m0/s1. The number of carbonyl (C=O) groups excluding carboxylic acids is 5. The fourth-order valence-corrected chi connectivity index (χ4v) is 2.99. The Bertz CT molecular complexity index is 865. The molecule has 0 heterocycles. The largest absolute Gasteiger partial charge is 0.467 e. The van der Waals surface area contributed by atoms with Crippen molar-refractivity contribution in [3.8, 4) is 0 Å². The quantitative estimate of drug-likeness (QED) is 0.234. The topological polar surface area (TPSA) is 152 Å². The first kappa shape index (κ1) is 28.7. The van der Waals surface area contributed by atoms with E-state index < -0.39 is 36.0 Å².